The van der Waals surface area contributed by atoms with Gasteiger partial charge in [0.2, 0.25) is 0 Å². The second kappa shape index (κ2) is 3.96. The van der Waals surface area contributed by atoms with Gasteiger partial charge >= 0.3 is 6.55 Å². The standard InChI is InChI=1S/C10H8ClF2NO2S/c1-6-9(17(11,15)16)7-4-2-3-5-8(7)14(6)10(12)13/h2-5,10H,1H3. The molecular formula is C10H8ClF2NO2S. The Bertz CT molecular complexity index is 679. The van der Waals surface area contributed by atoms with Crippen LogP contribution in [-0.2, 0) is 9.05 Å². The number of halogens is 3. The quantitative estimate of drug-likeness (QED) is 0.792. The molecule has 0 aliphatic carbocycles. The van der Waals surface area contributed by atoms with Crippen LogP contribution in [0.25, 0.3) is 10.9 Å². The van der Waals surface area contributed by atoms with E-state index in [-0.39, 0.29) is 21.5 Å². The first-order chi connectivity index (χ1) is 7.84. The number of aromatic nitrogens is 1. The van der Waals surface area contributed by atoms with Crippen LogP contribution in [-0.4, -0.2) is 13.0 Å². The van der Waals surface area contributed by atoms with Gasteiger partial charge in [0.1, 0.15) is 4.90 Å². The summed E-state index contributed by atoms with van der Waals surface area (Å²) in [6.07, 6.45) is 0. The van der Waals surface area contributed by atoms with Crippen LogP contribution in [0.2, 0.25) is 0 Å². The smallest absolute Gasteiger partial charge is 0.287 e. The third kappa shape index (κ3) is 1.91. The van der Waals surface area contributed by atoms with Crippen molar-refractivity contribution in [2.24, 2.45) is 0 Å². The Balaban J connectivity index is 3.00. The molecule has 2 aromatic rings. The van der Waals surface area contributed by atoms with Gasteiger partial charge in [0.15, 0.2) is 0 Å². The first-order valence-corrected chi connectivity index (χ1v) is 6.97. The van der Waals surface area contributed by atoms with Gasteiger partial charge in [0.25, 0.3) is 9.05 Å². The number of hydrogen-bond acceptors (Lipinski definition) is 2. The van der Waals surface area contributed by atoms with Crippen LogP contribution in [0.15, 0.2) is 29.2 Å². The Labute approximate surface area is 101 Å². The molecule has 17 heavy (non-hydrogen) atoms. The minimum Gasteiger partial charge on any atom is -0.287 e. The van der Waals surface area contributed by atoms with E-state index in [1.807, 2.05) is 0 Å². The second-order valence-corrected chi connectivity index (χ2v) is 6.02. The van der Waals surface area contributed by atoms with Crippen molar-refractivity contribution >= 4 is 30.6 Å². The average molecular weight is 280 g/mol. The minimum atomic E-state index is -4.05. The minimum absolute atomic E-state index is 0.0591. The molecule has 0 radical (unpaired) electrons. The van der Waals surface area contributed by atoms with Gasteiger partial charge in [-0.25, -0.2) is 8.42 Å². The van der Waals surface area contributed by atoms with Crippen molar-refractivity contribution in [3.05, 3.63) is 30.0 Å². The fourth-order valence-corrected chi connectivity index (χ4v) is 3.39. The normalized spacial score (nSPS) is 12.5. The van der Waals surface area contributed by atoms with Gasteiger partial charge in [-0.05, 0) is 13.0 Å². The molecule has 0 saturated carbocycles. The molecule has 0 aliphatic heterocycles. The Morgan fingerprint density at radius 2 is 1.88 bits per heavy atom. The molecule has 0 spiro atoms. The van der Waals surface area contributed by atoms with Gasteiger partial charge < -0.3 is 0 Å². The predicted octanol–water partition coefficient (Wildman–Crippen LogP) is 3.27. The first-order valence-electron chi connectivity index (χ1n) is 4.66. The van der Waals surface area contributed by atoms with E-state index in [0.717, 1.165) is 0 Å². The molecule has 0 N–H and O–H groups in total. The van der Waals surface area contributed by atoms with Crippen LogP contribution in [0.5, 0.6) is 0 Å². The van der Waals surface area contributed by atoms with E-state index < -0.39 is 15.6 Å². The Morgan fingerprint density at radius 1 is 1.29 bits per heavy atom. The summed E-state index contributed by atoms with van der Waals surface area (Å²) in [5.41, 5.74) is 0.0930. The van der Waals surface area contributed by atoms with Crippen molar-refractivity contribution in [1.82, 2.24) is 4.57 Å². The third-order valence-electron chi connectivity index (χ3n) is 2.54. The number of nitrogens with zero attached hydrogens (tertiary/aromatic N) is 1. The largest absolute Gasteiger partial charge is 0.319 e. The summed E-state index contributed by atoms with van der Waals surface area (Å²) in [4.78, 5) is -0.255. The van der Waals surface area contributed by atoms with Crippen molar-refractivity contribution in [3.8, 4) is 0 Å². The highest BCUT2D eigenvalue weighted by atomic mass is 35.7. The molecule has 0 bridgehead atoms. The van der Waals surface area contributed by atoms with Gasteiger partial charge in [-0.1, -0.05) is 18.2 Å². The summed E-state index contributed by atoms with van der Waals surface area (Å²) >= 11 is 0. The second-order valence-electron chi connectivity index (χ2n) is 3.52. The Hall–Kier alpha value is -1.14. The van der Waals surface area contributed by atoms with Gasteiger partial charge in [-0.15, -0.1) is 0 Å². The summed E-state index contributed by atoms with van der Waals surface area (Å²) < 4.78 is 49.2. The SMILES string of the molecule is Cc1c(S(=O)(=O)Cl)c2ccccc2n1C(F)F. The topological polar surface area (TPSA) is 39.1 Å². The number of rotatable bonds is 2. The van der Waals surface area contributed by atoms with E-state index in [2.05, 4.69) is 0 Å². The van der Waals surface area contributed by atoms with Crippen LogP contribution < -0.4 is 0 Å². The van der Waals surface area contributed by atoms with Gasteiger partial charge in [-0.2, -0.15) is 8.78 Å². The van der Waals surface area contributed by atoms with Crippen LogP contribution >= 0.6 is 10.7 Å². The van der Waals surface area contributed by atoms with Crippen LogP contribution in [0.3, 0.4) is 0 Å². The molecule has 1 aromatic carbocycles. The Morgan fingerprint density at radius 3 is 2.41 bits per heavy atom. The molecule has 0 unspecified atom stereocenters. The van der Waals surface area contributed by atoms with E-state index in [4.69, 9.17) is 10.7 Å². The predicted molar refractivity (Wildman–Crippen MR) is 61.0 cm³/mol. The fraction of sp³-hybridized carbons (Fsp3) is 0.200. The van der Waals surface area contributed by atoms with Crippen LogP contribution in [0.1, 0.15) is 12.2 Å². The van der Waals surface area contributed by atoms with Crippen molar-refractivity contribution < 1.29 is 17.2 Å². The number of benzene rings is 1. The number of fused-ring (bicyclic) bond motifs is 1. The van der Waals surface area contributed by atoms with Crippen LogP contribution in [0, 0.1) is 6.92 Å². The first kappa shape index (κ1) is 12.3. The molecule has 0 fully saturated rings. The molecule has 0 amide bonds. The fourth-order valence-electron chi connectivity index (χ4n) is 1.92. The maximum Gasteiger partial charge on any atom is 0.319 e. The summed E-state index contributed by atoms with van der Waals surface area (Å²) in [6.45, 7) is -1.51. The van der Waals surface area contributed by atoms with E-state index in [9.17, 15) is 17.2 Å². The lowest BCUT2D eigenvalue weighted by molar-refractivity contribution is 0.0728. The molecule has 0 saturated heterocycles. The number of para-hydroxylation sites is 1. The van der Waals surface area contributed by atoms with Gasteiger partial charge in [0.05, 0.1) is 5.52 Å². The molecule has 1 aromatic heterocycles. The Kier molecular flexibility index (Phi) is 2.87. The van der Waals surface area contributed by atoms with E-state index in [1.165, 1.54) is 19.1 Å². The summed E-state index contributed by atoms with van der Waals surface area (Å²) in [5.74, 6) is 0. The van der Waals surface area contributed by atoms with Crippen LogP contribution in [0.4, 0.5) is 8.78 Å². The lowest BCUT2D eigenvalue weighted by atomic mass is 10.2. The molecule has 3 nitrogen and oxygen atoms in total. The molecule has 7 heteroatoms. The van der Waals surface area contributed by atoms with Crippen molar-refractivity contribution in [2.75, 3.05) is 0 Å². The number of hydrogen-bond donors (Lipinski definition) is 0. The van der Waals surface area contributed by atoms with Crippen molar-refractivity contribution in [2.45, 2.75) is 18.4 Å². The molecule has 92 valence electrons. The zero-order chi connectivity index (χ0) is 12.8. The maximum atomic E-state index is 12.9. The van der Waals surface area contributed by atoms with E-state index in [0.29, 0.717) is 4.57 Å². The average Bonchev–Trinajstić information content (AvgIpc) is 2.48. The highest BCUT2D eigenvalue weighted by molar-refractivity contribution is 8.14. The molecule has 2 rings (SSSR count). The van der Waals surface area contributed by atoms with Crippen molar-refractivity contribution in [1.29, 1.82) is 0 Å². The van der Waals surface area contributed by atoms with E-state index in [1.54, 1.807) is 12.1 Å². The molecule has 0 aliphatic rings. The van der Waals surface area contributed by atoms with E-state index >= 15 is 0 Å². The van der Waals surface area contributed by atoms with Gasteiger partial charge in [0, 0.05) is 21.8 Å². The highest BCUT2D eigenvalue weighted by Gasteiger charge is 2.25. The lowest BCUT2D eigenvalue weighted by Crippen LogP contribution is -2.01. The third-order valence-corrected chi connectivity index (χ3v) is 4.00. The lowest BCUT2D eigenvalue weighted by Gasteiger charge is -2.05. The molecule has 1 heterocycles. The molecular weight excluding hydrogens is 272 g/mol. The maximum absolute atomic E-state index is 12.9. The molecule has 0 atom stereocenters. The van der Waals surface area contributed by atoms with Gasteiger partial charge in [-0.3, -0.25) is 4.57 Å². The number of alkyl halides is 2. The summed E-state index contributed by atoms with van der Waals surface area (Å²) in [6, 6.07) is 6.02. The zero-order valence-corrected chi connectivity index (χ0v) is 10.3. The summed E-state index contributed by atoms with van der Waals surface area (Å²) in [5, 5.41) is 0.209. The highest BCUT2D eigenvalue weighted by Crippen LogP contribution is 2.34. The zero-order valence-electron chi connectivity index (χ0n) is 8.69. The summed E-state index contributed by atoms with van der Waals surface area (Å²) in [7, 11) is 1.22. The van der Waals surface area contributed by atoms with Crippen molar-refractivity contribution in [3.63, 3.8) is 0 Å². The monoisotopic (exact) mass is 279 g/mol.